The Morgan fingerprint density at radius 1 is 1.29 bits per heavy atom. The van der Waals surface area contributed by atoms with E-state index < -0.39 is 0 Å². The Balaban J connectivity index is 2.14. The first-order chi connectivity index (χ1) is 6.88. The standard InChI is InChI=1S/C9H6N2OS2/c12-5-7-1-3-8(4-2-7)13-9-10-6-11-14-9/h1-6H. The molecular weight excluding hydrogens is 216 g/mol. The van der Waals surface area contributed by atoms with Crippen molar-refractivity contribution in [3.05, 3.63) is 36.2 Å². The number of aldehydes is 1. The van der Waals surface area contributed by atoms with Crippen molar-refractivity contribution in [3.8, 4) is 0 Å². The lowest BCUT2D eigenvalue weighted by Gasteiger charge is -1.96. The van der Waals surface area contributed by atoms with E-state index in [0.29, 0.717) is 5.56 Å². The van der Waals surface area contributed by atoms with Crippen LogP contribution in [0.2, 0.25) is 0 Å². The molecule has 0 unspecified atom stereocenters. The zero-order valence-corrected chi connectivity index (χ0v) is 8.72. The van der Waals surface area contributed by atoms with Gasteiger partial charge in [-0.25, -0.2) is 4.98 Å². The topological polar surface area (TPSA) is 42.9 Å². The molecule has 2 rings (SSSR count). The van der Waals surface area contributed by atoms with Crippen LogP contribution in [-0.2, 0) is 0 Å². The summed E-state index contributed by atoms with van der Waals surface area (Å²) >= 11 is 2.90. The molecule has 0 N–H and O–H groups in total. The van der Waals surface area contributed by atoms with Gasteiger partial charge < -0.3 is 0 Å². The van der Waals surface area contributed by atoms with Gasteiger partial charge in [0.2, 0.25) is 0 Å². The Bertz CT molecular complexity index is 411. The number of hydrogen-bond acceptors (Lipinski definition) is 5. The van der Waals surface area contributed by atoms with Gasteiger partial charge in [0, 0.05) is 10.5 Å². The van der Waals surface area contributed by atoms with Crippen LogP contribution in [-0.4, -0.2) is 15.6 Å². The molecule has 0 aliphatic heterocycles. The fourth-order valence-electron chi connectivity index (χ4n) is 0.923. The number of aromatic nitrogens is 2. The lowest BCUT2D eigenvalue weighted by Crippen LogP contribution is -1.78. The summed E-state index contributed by atoms with van der Waals surface area (Å²) in [6.45, 7) is 0. The van der Waals surface area contributed by atoms with Crippen molar-refractivity contribution in [1.82, 2.24) is 9.36 Å². The van der Waals surface area contributed by atoms with Crippen molar-refractivity contribution in [2.24, 2.45) is 0 Å². The van der Waals surface area contributed by atoms with Crippen LogP contribution < -0.4 is 0 Å². The van der Waals surface area contributed by atoms with E-state index >= 15 is 0 Å². The summed E-state index contributed by atoms with van der Waals surface area (Å²) < 4.78 is 4.81. The SMILES string of the molecule is O=Cc1ccc(Sc2ncns2)cc1. The number of hydrogen-bond donors (Lipinski definition) is 0. The summed E-state index contributed by atoms with van der Waals surface area (Å²) in [7, 11) is 0. The van der Waals surface area contributed by atoms with Gasteiger partial charge in [-0.3, -0.25) is 4.79 Å². The largest absolute Gasteiger partial charge is 0.298 e. The van der Waals surface area contributed by atoms with Crippen LogP contribution in [0.5, 0.6) is 0 Å². The van der Waals surface area contributed by atoms with E-state index in [0.717, 1.165) is 15.5 Å². The Morgan fingerprint density at radius 2 is 2.07 bits per heavy atom. The van der Waals surface area contributed by atoms with Crippen molar-refractivity contribution in [2.75, 3.05) is 0 Å². The summed E-state index contributed by atoms with van der Waals surface area (Å²) in [4.78, 5) is 15.5. The second-order valence-electron chi connectivity index (χ2n) is 2.50. The Kier molecular flexibility index (Phi) is 2.90. The van der Waals surface area contributed by atoms with Crippen LogP contribution in [0.1, 0.15) is 10.4 Å². The van der Waals surface area contributed by atoms with E-state index in [2.05, 4.69) is 9.36 Å². The van der Waals surface area contributed by atoms with Crippen molar-refractivity contribution in [2.45, 2.75) is 9.24 Å². The molecule has 1 aromatic heterocycles. The fraction of sp³-hybridized carbons (Fsp3) is 0. The second kappa shape index (κ2) is 4.34. The van der Waals surface area contributed by atoms with Gasteiger partial charge in [0.1, 0.15) is 12.6 Å². The van der Waals surface area contributed by atoms with Gasteiger partial charge in [0.15, 0.2) is 4.34 Å². The zero-order chi connectivity index (χ0) is 9.80. The minimum Gasteiger partial charge on any atom is -0.298 e. The van der Waals surface area contributed by atoms with Gasteiger partial charge in [-0.05, 0) is 23.7 Å². The molecule has 0 aliphatic rings. The number of nitrogens with zero attached hydrogens (tertiary/aromatic N) is 2. The average Bonchev–Trinajstić information content (AvgIpc) is 2.72. The third-order valence-corrected chi connectivity index (χ3v) is 3.29. The first-order valence-electron chi connectivity index (χ1n) is 3.88. The maximum atomic E-state index is 10.4. The first-order valence-corrected chi connectivity index (χ1v) is 5.47. The number of rotatable bonds is 3. The van der Waals surface area contributed by atoms with Crippen LogP contribution in [0, 0.1) is 0 Å². The molecule has 0 spiro atoms. The van der Waals surface area contributed by atoms with Crippen LogP contribution >= 0.6 is 23.3 Å². The van der Waals surface area contributed by atoms with Gasteiger partial charge in [0.25, 0.3) is 0 Å². The van der Waals surface area contributed by atoms with Gasteiger partial charge in [-0.2, -0.15) is 4.37 Å². The predicted molar refractivity (Wildman–Crippen MR) is 55.9 cm³/mol. The Labute approximate surface area is 89.4 Å². The maximum Gasteiger partial charge on any atom is 0.174 e. The Morgan fingerprint density at radius 3 is 2.64 bits per heavy atom. The molecule has 0 saturated heterocycles. The number of carbonyl (C=O) groups excluding carboxylic acids is 1. The molecular formula is C9H6N2OS2. The molecule has 0 atom stereocenters. The minimum atomic E-state index is 0.687. The molecule has 2 aromatic rings. The van der Waals surface area contributed by atoms with Crippen molar-refractivity contribution in [1.29, 1.82) is 0 Å². The van der Waals surface area contributed by atoms with E-state index in [9.17, 15) is 4.79 Å². The molecule has 1 heterocycles. The van der Waals surface area contributed by atoms with E-state index in [1.807, 2.05) is 12.1 Å². The van der Waals surface area contributed by atoms with Crippen LogP contribution in [0.3, 0.4) is 0 Å². The minimum absolute atomic E-state index is 0.687. The predicted octanol–water partition coefficient (Wildman–Crippen LogP) is 2.50. The second-order valence-corrected chi connectivity index (χ2v) is 4.60. The third kappa shape index (κ3) is 2.18. The molecule has 0 aliphatic carbocycles. The number of carbonyl (C=O) groups is 1. The van der Waals surface area contributed by atoms with E-state index in [1.54, 1.807) is 23.9 Å². The first kappa shape index (κ1) is 9.36. The normalized spacial score (nSPS) is 10.0. The quantitative estimate of drug-likeness (QED) is 0.748. The fourth-order valence-corrected chi connectivity index (χ4v) is 2.34. The lowest BCUT2D eigenvalue weighted by atomic mass is 10.2. The van der Waals surface area contributed by atoms with Gasteiger partial charge in [-0.1, -0.05) is 23.9 Å². The Hall–Kier alpha value is -1.20. The highest BCUT2D eigenvalue weighted by molar-refractivity contribution is 8.01. The van der Waals surface area contributed by atoms with E-state index in [1.165, 1.54) is 17.9 Å². The van der Waals surface area contributed by atoms with Gasteiger partial charge >= 0.3 is 0 Å². The zero-order valence-electron chi connectivity index (χ0n) is 7.08. The highest BCUT2D eigenvalue weighted by atomic mass is 32.2. The smallest absolute Gasteiger partial charge is 0.174 e. The molecule has 70 valence electrons. The number of benzene rings is 1. The van der Waals surface area contributed by atoms with Gasteiger partial charge in [0.05, 0.1) is 0 Å². The molecule has 3 nitrogen and oxygen atoms in total. The highest BCUT2D eigenvalue weighted by Gasteiger charge is 1.99. The lowest BCUT2D eigenvalue weighted by molar-refractivity contribution is 0.112. The monoisotopic (exact) mass is 222 g/mol. The van der Waals surface area contributed by atoms with Crippen molar-refractivity contribution >= 4 is 29.6 Å². The molecule has 0 saturated carbocycles. The van der Waals surface area contributed by atoms with Crippen LogP contribution in [0.4, 0.5) is 0 Å². The van der Waals surface area contributed by atoms with Crippen molar-refractivity contribution in [3.63, 3.8) is 0 Å². The maximum absolute atomic E-state index is 10.4. The third-order valence-electron chi connectivity index (χ3n) is 1.56. The molecule has 0 fully saturated rings. The summed E-state index contributed by atoms with van der Waals surface area (Å²) in [5.41, 5.74) is 0.687. The summed E-state index contributed by atoms with van der Waals surface area (Å²) in [6.07, 6.45) is 2.37. The molecule has 0 amide bonds. The molecule has 1 aromatic carbocycles. The van der Waals surface area contributed by atoms with E-state index in [4.69, 9.17) is 0 Å². The summed E-state index contributed by atoms with van der Waals surface area (Å²) in [5.74, 6) is 0. The highest BCUT2D eigenvalue weighted by Crippen LogP contribution is 2.27. The summed E-state index contributed by atoms with van der Waals surface area (Å²) in [5, 5.41) is 0. The molecule has 5 heteroatoms. The van der Waals surface area contributed by atoms with Crippen molar-refractivity contribution < 1.29 is 4.79 Å². The van der Waals surface area contributed by atoms with Gasteiger partial charge in [-0.15, -0.1) is 0 Å². The molecule has 0 radical (unpaired) electrons. The molecule has 14 heavy (non-hydrogen) atoms. The summed E-state index contributed by atoms with van der Waals surface area (Å²) in [6, 6.07) is 7.37. The van der Waals surface area contributed by atoms with E-state index in [-0.39, 0.29) is 0 Å². The average molecular weight is 222 g/mol. The van der Waals surface area contributed by atoms with Crippen LogP contribution in [0.15, 0.2) is 39.8 Å². The van der Waals surface area contributed by atoms with Crippen LogP contribution in [0.25, 0.3) is 0 Å². The molecule has 0 bridgehead atoms.